The summed E-state index contributed by atoms with van der Waals surface area (Å²) >= 11 is 0. The first-order valence-corrected chi connectivity index (χ1v) is 6.06. The second-order valence-electron chi connectivity index (χ2n) is 4.66. The Kier molecular flexibility index (Phi) is 3.78. The van der Waals surface area contributed by atoms with E-state index in [0.717, 1.165) is 31.9 Å². The summed E-state index contributed by atoms with van der Waals surface area (Å²) in [4.78, 5) is 4.44. The van der Waals surface area contributed by atoms with Gasteiger partial charge in [0.15, 0.2) is 0 Å². The monoisotopic (exact) mass is 220 g/mol. The van der Waals surface area contributed by atoms with Gasteiger partial charge in [-0.3, -0.25) is 0 Å². The molecule has 1 aliphatic rings. The van der Waals surface area contributed by atoms with Crippen molar-refractivity contribution in [1.82, 2.24) is 4.98 Å². The molecule has 0 unspecified atom stereocenters. The van der Waals surface area contributed by atoms with Crippen molar-refractivity contribution in [3.63, 3.8) is 0 Å². The van der Waals surface area contributed by atoms with Crippen molar-refractivity contribution in [3.8, 4) is 0 Å². The maximum Gasteiger partial charge on any atom is 0.126 e. The minimum atomic E-state index is 0.520. The molecule has 0 aliphatic carbocycles. The summed E-state index contributed by atoms with van der Waals surface area (Å²) < 4.78 is 5.33. The molecule has 1 aromatic rings. The van der Waals surface area contributed by atoms with Crippen LogP contribution in [0.15, 0.2) is 18.3 Å². The van der Waals surface area contributed by atoms with E-state index >= 15 is 0 Å². The lowest BCUT2D eigenvalue weighted by Gasteiger charge is -2.23. The van der Waals surface area contributed by atoms with Crippen LogP contribution < -0.4 is 5.32 Å². The molecule has 1 aliphatic heterocycles. The predicted octanol–water partition coefficient (Wildman–Crippen LogP) is 2.80. The van der Waals surface area contributed by atoms with Gasteiger partial charge in [0.25, 0.3) is 0 Å². The zero-order valence-electron chi connectivity index (χ0n) is 10.1. The van der Waals surface area contributed by atoms with Crippen molar-refractivity contribution in [3.05, 3.63) is 23.9 Å². The van der Waals surface area contributed by atoms with E-state index in [0.29, 0.717) is 12.0 Å². The molecule has 0 saturated carbocycles. The van der Waals surface area contributed by atoms with Gasteiger partial charge in [-0.15, -0.1) is 0 Å². The Morgan fingerprint density at radius 3 is 2.62 bits per heavy atom. The van der Waals surface area contributed by atoms with Gasteiger partial charge in [0, 0.05) is 25.5 Å². The average molecular weight is 220 g/mol. The summed E-state index contributed by atoms with van der Waals surface area (Å²) in [7, 11) is 0. The maximum absolute atomic E-state index is 5.33. The Morgan fingerprint density at radius 1 is 1.31 bits per heavy atom. The van der Waals surface area contributed by atoms with Crippen LogP contribution in [0.1, 0.15) is 38.2 Å². The van der Waals surface area contributed by atoms with Crippen LogP contribution in [0.4, 0.5) is 5.82 Å². The summed E-state index contributed by atoms with van der Waals surface area (Å²) in [6.07, 6.45) is 4.12. The van der Waals surface area contributed by atoms with Crippen molar-refractivity contribution >= 4 is 5.82 Å². The fourth-order valence-corrected chi connectivity index (χ4v) is 1.88. The molecule has 1 aromatic heterocycles. The largest absolute Gasteiger partial charge is 0.381 e. The standard InChI is InChI=1S/C13H20N2O/c1-10(2)11-3-4-13(14-9-11)15-12-5-7-16-8-6-12/h3-4,9-10,12H,5-8H2,1-2H3,(H,14,15). The highest BCUT2D eigenvalue weighted by Crippen LogP contribution is 2.17. The van der Waals surface area contributed by atoms with Gasteiger partial charge in [-0.25, -0.2) is 4.98 Å². The molecule has 2 rings (SSSR count). The molecule has 1 fully saturated rings. The first-order chi connectivity index (χ1) is 7.75. The van der Waals surface area contributed by atoms with E-state index in [1.165, 1.54) is 5.56 Å². The third kappa shape index (κ3) is 2.95. The molecular formula is C13H20N2O. The second-order valence-corrected chi connectivity index (χ2v) is 4.66. The molecule has 0 spiro atoms. The van der Waals surface area contributed by atoms with Crippen LogP contribution in [0.3, 0.4) is 0 Å². The third-order valence-corrected chi connectivity index (χ3v) is 3.03. The number of pyridine rings is 1. The lowest BCUT2D eigenvalue weighted by molar-refractivity contribution is 0.0904. The highest BCUT2D eigenvalue weighted by atomic mass is 16.5. The molecule has 0 radical (unpaired) electrons. The number of nitrogens with one attached hydrogen (secondary N) is 1. The molecule has 88 valence electrons. The molecule has 1 N–H and O–H groups in total. The number of anilines is 1. The molecule has 0 amide bonds. The highest BCUT2D eigenvalue weighted by Gasteiger charge is 2.13. The van der Waals surface area contributed by atoms with Gasteiger partial charge < -0.3 is 10.1 Å². The molecule has 0 atom stereocenters. The van der Waals surface area contributed by atoms with Gasteiger partial charge >= 0.3 is 0 Å². The Labute approximate surface area is 97.2 Å². The van der Waals surface area contributed by atoms with E-state index in [9.17, 15) is 0 Å². The van der Waals surface area contributed by atoms with E-state index in [1.807, 2.05) is 6.20 Å². The van der Waals surface area contributed by atoms with Crippen LogP contribution in [-0.2, 0) is 4.74 Å². The van der Waals surface area contributed by atoms with E-state index in [-0.39, 0.29) is 0 Å². The quantitative estimate of drug-likeness (QED) is 0.850. The average Bonchev–Trinajstić information content (AvgIpc) is 2.31. The van der Waals surface area contributed by atoms with Gasteiger partial charge in [0.2, 0.25) is 0 Å². The zero-order valence-corrected chi connectivity index (χ0v) is 10.1. The summed E-state index contributed by atoms with van der Waals surface area (Å²) in [5.74, 6) is 1.53. The van der Waals surface area contributed by atoms with Crippen LogP contribution in [0.2, 0.25) is 0 Å². The second kappa shape index (κ2) is 5.30. The van der Waals surface area contributed by atoms with Gasteiger partial charge in [-0.05, 0) is 30.4 Å². The van der Waals surface area contributed by atoms with E-state index < -0.39 is 0 Å². The van der Waals surface area contributed by atoms with Crippen molar-refractivity contribution in [2.24, 2.45) is 0 Å². The van der Waals surface area contributed by atoms with E-state index in [2.05, 4.69) is 36.3 Å². The van der Waals surface area contributed by atoms with Crippen molar-refractivity contribution < 1.29 is 4.74 Å². The predicted molar refractivity (Wildman–Crippen MR) is 65.8 cm³/mol. The van der Waals surface area contributed by atoms with Gasteiger partial charge in [-0.1, -0.05) is 19.9 Å². The van der Waals surface area contributed by atoms with E-state index in [1.54, 1.807) is 0 Å². The van der Waals surface area contributed by atoms with E-state index in [4.69, 9.17) is 4.74 Å². The number of ether oxygens (including phenoxy) is 1. The summed E-state index contributed by atoms with van der Waals surface area (Å²) in [5.41, 5.74) is 1.29. The Hall–Kier alpha value is -1.09. The molecule has 2 heterocycles. The zero-order chi connectivity index (χ0) is 11.4. The van der Waals surface area contributed by atoms with Crippen LogP contribution in [0, 0.1) is 0 Å². The smallest absolute Gasteiger partial charge is 0.126 e. The van der Waals surface area contributed by atoms with Crippen molar-refractivity contribution in [2.45, 2.75) is 38.6 Å². The van der Waals surface area contributed by atoms with Crippen LogP contribution >= 0.6 is 0 Å². The summed E-state index contributed by atoms with van der Waals surface area (Å²) in [6.45, 7) is 6.09. The van der Waals surface area contributed by atoms with Crippen LogP contribution in [0.5, 0.6) is 0 Å². The molecule has 0 bridgehead atoms. The fourth-order valence-electron chi connectivity index (χ4n) is 1.88. The Balaban J connectivity index is 1.93. The molecular weight excluding hydrogens is 200 g/mol. The normalized spacial score (nSPS) is 17.7. The number of rotatable bonds is 3. The minimum absolute atomic E-state index is 0.520. The minimum Gasteiger partial charge on any atom is -0.381 e. The summed E-state index contributed by atoms with van der Waals surface area (Å²) in [6, 6.07) is 4.75. The first-order valence-electron chi connectivity index (χ1n) is 6.06. The Bertz CT molecular complexity index is 315. The number of aromatic nitrogens is 1. The number of hydrogen-bond acceptors (Lipinski definition) is 3. The summed E-state index contributed by atoms with van der Waals surface area (Å²) in [5, 5.41) is 3.46. The maximum atomic E-state index is 5.33. The van der Waals surface area contributed by atoms with Crippen LogP contribution in [0.25, 0.3) is 0 Å². The first kappa shape index (κ1) is 11.4. The van der Waals surface area contributed by atoms with Gasteiger partial charge in [0.05, 0.1) is 0 Å². The van der Waals surface area contributed by atoms with Crippen molar-refractivity contribution in [2.75, 3.05) is 18.5 Å². The fraction of sp³-hybridized carbons (Fsp3) is 0.615. The molecule has 16 heavy (non-hydrogen) atoms. The SMILES string of the molecule is CC(C)c1ccc(NC2CCOCC2)nc1. The lowest BCUT2D eigenvalue weighted by Crippen LogP contribution is -2.28. The molecule has 0 aromatic carbocycles. The number of nitrogens with zero attached hydrogens (tertiary/aromatic N) is 1. The van der Waals surface area contributed by atoms with Gasteiger partial charge in [0.1, 0.15) is 5.82 Å². The highest BCUT2D eigenvalue weighted by molar-refractivity contribution is 5.37. The molecule has 1 saturated heterocycles. The Morgan fingerprint density at radius 2 is 2.06 bits per heavy atom. The lowest BCUT2D eigenvalue weighted by atomic mass is 10.1. The topological polar surface area (TPSA) is 34.1 Å². The van der Waals surface area contributed by atoms with Crippen LogP contribution in [-0.4, -0.2) is 24.2 Å². The van der Waals surface area contributed by atoms with Gasteiger partial charge in [-0.2, -0.15) is 0 Å². The molecule has 3 heteroatoms. The number of hydrogen-bond donors (Lipinski definition) is 1. The molecule has 3 nitrogen and oxygen atoms in total. The third-order valence-electron chi connectivity index (χ3n) is 3.03. The van der Waals surface area contributed by atoms with Crippen molar-refractivity contribution in [1.29, 1.82) is 0 Å².